The minimum Gasteiger partial charge on any atom is -0.398 e. The summed E-state index contributed by atoms with van der Waals surface area (Å²) >= 11 is 0. The van der Waals surface area contributed by atoms with E-state index in [0.29, 0.717) is 17.3 Å². The van der Waals surface area contributed by atoms with Crippen molar-refractivity contribution in [2.75, 3.05) is 32.4 Å². The number of anilines is 1. The molecular weight excluding hydrogens is 250 g/mol. The third-order valence-corrected chi connectivity index (χ3v) is 4.16. The van der Waals surface area contributed by atoms with Crippen molar-refractivity contribution in [1.82, 2.24) is 9.80 Å². The Labute approximate surface area is 121 Å². The summed E-state index contributed by atoms with van der Waals surface area (Å²) in [6.45, 7) is 5.54. The average molecular weight is 275 g/mol. The van der Waals surface area contributed by atoms with E-state index < -0.39 is 0 Å². The van der Waals surface area contributed by atoms with Gasteiger partial charge in [0.2, 0.25) is 0 Å². The molecule has 0 unspecified atom stereocenters. The van der Waals surface area contributed by atoms with Crippen LogP contribution in [0.3, 0.4) is 0 Å². The molecule has 4 heteroatoms. The molecule has 2 N–H and O–H groups in total. The fraction of sp³-hybridized carbons (Fsp3) is 0.562. The summed E-state index contributed by atoms with van der Waals surface area (Å²) in [5, 5.41) is 0. The Bertz CT molecular complexity index is 453. The third-order valence-electron chi connectivity index (χ3n) is 4.16. The minimum atomic E-state index is 0.0389. The summed E-state index contributed by atoms with van der Waals surface area (Å²) in [6.07, 6.45) is 3.30. The van der Waals surface area contributed by atoms with Gasteiger partial charge in [0, 0.05) is 31.9 Å². The van der Waals surface area contributed by atoms with E-state index in [4.69, 9.17) is 5.73 Å². The van der Waals surface area contributed by atoms with E-state index in [1.807, 2.05) is 24.1 Å². The van der Waals surface area contributed by atoms with E-state index in [-0.39, 0.29) is 5.91 Å². The summed E-state index contributed by atoms with van der Waals surface area (Å²) in [5.41, 5.74) is 7.07. The maximum absolute atomic E-state index is 12.5. The summed E-state index contributed by atoms with van der Waals surface area (Å²) in [7, 11) is 1.90. The number of carbonyl (C=O) groups excluding carboxylic acids is 1. The average Bonchev–Trinajstić information content (AvgIpc) is 2.47. The van der Waals surface area contributed by atoms with Crippen LogP contribution >= 0.6 is 0 Å². The predicted molar refractivity (Wildman–Crippen MR) is 82.7 cm³/mol. The number of piperidine rings is 1. The smallest absolute Gasteiger partial charge is 0.255 e. The maximum Gasteiger partial charge on any atom is 0.255 e. The number of hydrogen-bond acceptors (Lipinski definition) is 3. The largest absolute Gasteiger partial charge is 0.398 e. The standard InChI is InChI=1S/C16H25N3O/c1-3-10-19-11-8-13(9-12-19)18(2)16(20)14-6-4-5-7-15(14)17/h4-7,13H,3,8-12,17H2,1-2H3. The molecule has 0 aromatic heterocycles. The molecule has 1 aromatic rings. The zero-order valence-corrected chi connectivity index (χ0v) is 12.5. The number of nitrogen functional groups attached to an aromatic ring is 1. The summed E-state index contributed by atoms with van der Waals surface area (Å²) in [5.74, 6) is 0.0389. The van der Waals surface area contributed by atoms with E-state index in [2.05, 4.69) is 11.8 Å². The Kier molecular flexibility index (Phi) is 5.01. The molecule has 1 aliphatic heterocycles. The van der Waals surface area contributed by atoms with Gasteiger partial charge in [-0.15, -0.1) is 0 Å². The second-order valence-corrected chi connectivity index (χ2v) is 5.58. The van der Waals surface area contributed by atoms with Crippen LogP contribution in [0.15, 0.2) is 24.3 Å². The lowest BCUT2D eigenvalue weighted by atomic mass is 10.0. The molecule has 0 bridgehead atoms. The van der Waals surface area contributed by atoms with Gasteiger partial charge in [0.15, 0.2) is 0 Å². The van der Waals surface area contributed by atoms with Crippen LogP contribution in [-0.4, -0.2) is 48.4 Å². The molecule has 2 rings (SSSR count). The number of nitrogens with two attached hydrogens (primary N) is 1. The van der Waals surface area contributed by atoms with Gasteiger partial charge >= 0.3 is 0 Å². The lowest BCUT2D eigenvalue weighted by molar-refractivity contribution is 0.0644. The van der Waals surface area contributed by atoms with Gasteiger partial charge in [0.1, 0.15) is 0 Å². The molecule has 1 aromatic carbocycles. The molecule has 0 atom stereocenters. The van der Waals surface area contributed by atoms with E-state index >= 15 is 0 Å². The van der Waals surface area contributed by atoms with Crippen molar-refractivity contribution < 1.29 is 4.79 Å². The number of hydrogen-bond donors (Lipinski definition) is 1. The molecule has 1 amide bonds. The topological polar surface area (TPSA) is 49.6 Å². The molecule has 0 radical (unpaired) electrons. The van der Waals surface area contributed by atoms with Crippen LogP contribution in [-0.2, 0) is 0 Å². The Morgan fingerprint density at radius 1 is 1.35 bits per heavy atom. The van der Waals surface area contributed by atoms with Crippen molar-refractivity contribution in [1.29, 1.82) is 0 Å². The summed E-state index contributed by atoms with van der Waals surface area (Å²) in [4.78, 5) is 16.9. The fourth-order valence-electron chi connectivity index (χ4n) is 2.89. The molecule has 20 heavy (non-hydrogen) atoms. The lowest BCUT2D eigenvalue weighted by Gasteiger charge is -2.36. The number of likely N-dealkylation sites (tertiary alicyclic amines) is 1. The van der Waals surface area contributed by atoms with Gasteiger partial charge < -0.3 is 15.5 Å². The molecule has 110 valence electrons. The summed E-state index contributed by atoms with van der Waals surface area (Å²) in [6, 6.07) is 7.64. The number of para-hydroxylation sites is 1. The van der Waals surface area contributed by atoms with E-state index in [1.165, 1.54) is 6.42 Å². The normalized spacial score (nSPS) is 17.1. The Balaban J connectivity index is 1.97. The van der Waals surface area contributed by atoms with Crippen LogP contribution < -0.4 is 5.73 Å². The number of benzene rings is 1. The van der Waals surface area contributed by atoms with Crippen molar-refractivity contribution in [2.24, 2.45) is 0 Å². The van der Waals surface area contributed by atoms with Gasteiger partial charge in [0.25, 0.3) is 5.91 Å². The first kappa shape index (κ1) is 14.9. The molecule has 0 spiro atoms. The number of amides is 1. The molecule has 0 aliphatic carbocycles. The highest BCUT2D eigenvalue weighted by molar-refractivity contribution is 5.99. The van der Waals surface area contributed by atoms with Gasteiger partial charge in [-0.1, -0.05) is 19.1 Å². The van der Waals surface area contributed by atoms with E-state index in [1.54, 1.807) is 12.1 Å². The zero-order chi connectivity index (χ0) is 14.5. The first-order valence-electron chi connectivity index (χ1n) is 7.47. The molecule has 1 aliphatic rings. The molecule has 0 saturated carbocycles. The molecular formula is C16H25N3O. The fourth-order valence-corrected chi connectivity index (χ4v) is 2.89. The van der Waals surface area contributed by atoms with Gasteiger partial charge in [0.05, 0.1) is 5.56 Å². The van der Waals surface area contributed by atoms with Gasteiger partial charge in [-0.2, -0.15) is 0 Å². The highest BCUT2D eigenvalue weighted by atomic mass is 16.2. The highest BCUT2D eigenvalue weighted by Gasteiger charge is 2.26. The van der Waals surface area contributed by atoms with Crippen molar-refractivity contribution in [3.63, 3.8) is 0 Å². The van der Waals surface area contributed by atoms with Crippen molar-refractivity contribution in [3.05, 3.63) is 29.8 Å². The molecule has 1 fully saturated rings. The van der Waals surface area contributed by atoms with Crippen LogP contribution in [0, 0.1) is 0 Å². The Morgan fingerprint density at radius 3 is 2.60 bits per heavy atom. The molecule has 1 heterocycles. The van der Waals surface area contributed by atoms with Gasteiger partial charge in [-0.05, 0) is 37.9 Å². The van der Waals surface area contributed by atoms with Crippen LogP contribution in [0.4, 0.5) is 5.69 Å². The monoisotopic (exact) mass is 275 g/mol. The van der Waals surface area contributed by atoms with E-state index in [0.717, 1.165) is 32.5 Å². The van der Waals surface area contributed by atoms with Crippen LogP contribution in [0.1, 0.15) is 36.5 Å². The SMILES string of the molecule is CCCN1CCC(N(C)C(=O)c2ccccc2N)CC1. The highest BCUT2D eigenvalue weighted by Crippen LogP contribution is 2.20. The molecule has 1 saturated heterocycles. The number of carbonyl (C=O) groups is 1. The van der Waals surface area contributed by atoms with Crippen molar-refractivity contribution in [3.8, 4) is 0 Å². The van der Waals surface area contributed by atoms with Crippen LogP contribution in [0.25, 0.3) is 0 Å². The first-order valence-corrected chi connectivity index (χ1v) is 7.47. The second kappa shape index (κ2) is 6.75. The van der Waals surface area contributed by atoms with Crippen LogP contribution in [0.2, 0.25) is 0 Å². The maximum atomic E-state index is 12.5. The number of nitrogens with zero attached hydrogens (tertiary/aromatic N) is 2. The second-order valence-electron chi connectivity index (χ2n) is 5.58. The Morgan fingerprint density at radius 2 is 2.00 bits per heavy atom. The van der Waals surface area contributed by atoms with Crippen molar-refractivity contribution >= 4 is 11.6 Å². The van der Waals surface area contributed by atoms with E-state index in [9.17, 15) is 4.79 Å². The van der Waals surface area contributed by atoms with Gasteiger partial charge in [-0.25, -0.2) is 0 Å². The predicted octanol–water partition coefficient (Wildman–Crippen LogP) is 2.22. The Hall–Kier alpha value is -1.55. The third kappa shape index (κ3) is 3.31. The van der Waals surface area contributed by atoms with Gasteiger partial charge in [-0.3, -0.25) is 4.79 Å². The van der Waals surface area contributed by atoms with Crippen LogP contribution in [0.5, 0.6) is 0 Å². The quantitative estimate of drug-likeness (QED) is 0.857. The zero-order valence-electron chi connectivity index (χ0n) is 12.5. The van der Waals surface area contributed by atoms with Crippen molar-refractivity contribution in [2.45, 2.75) is 32.2 Å². The lowest BCUT2D eigenvalue weighted by Crippen LogP contribution is -2.45. The first-order chi connectivity index (χ1) is 9.63. The minimum absolute atomic E-state index is 0.0389. The summed E-state index contributed by atoms with van der Waals surface area (Å²) < 4.78 is 0. The number of rotatable bonds is 4. The molecule has 4 nitrogen and oxygen atoms in total.